The molecule has 0 N–H and O–H groups in total. The second-order valence-corrected chi connectivity index (χ2v) is 6.85. The molecular weight excluding hydrogens is 320 g/mol. The van der Waals surface area contributed by atoms with Crippen LogP contribution in [0.2, 0.25) is 0 Å². The van der Waals surface area contributed by atoms with E-state index in [-0.39, 0.29) is 0 Å². The molecule has 3 nitrogen and oxygen atoms in total. The second-order valence-electron chi connectivity index (χ2n) is 6.85. The Bertz CT molecular complexity index is 1310. The molecule has 2 aromatic carbocycles. The molecule has 0 bridgehead atoms. The smallest absolute Gasteiger partial charge is 0.216 e. The first-order chi connectivity index (χ1) is 13.3. The molecule has 2 heterocycles. The average Bonchev–Trinajstić information content (AvgIpc) is 3.03. The van der Waals surface area contributed by atoms with Crippen molar-refractivity contribution in [3.05, 3.63) is 70.2 Å². The maximum atomic E-state index is 8.69. The number of aromatic nitrogens is 1. The lowest BCUT2D eigenvalue weighted by atomic mass is 9.99. The van der Waals surface area contributed by atoms with Gasteiger partial charge in [-0.25, -0.2) is 4.85 Å². The van der Waals surface area contributed by atoms with Crippen molar-refractivity contribution < 1.29 is 11.7 Å². The van der Waals surface area contributed by atoms with Crippen LogP contribution in [0, 0.1) is 34.3 Å². The van der Waals surface area contributed by atoms with Crippen molar-refractivity contribution in [1.82, 2.24) is 0 Å². The van der Waals surface area contributed by atoms with E-state index in [2.05, 4.69) is 4.85 Å². The second kappa shape index (κ2) is 5.71. The number of pyridine rings is 1. The van der Waals surface area contributed by atoms with Gasteiger partial charge in [0.25, 0.3) is 0 Å². The maximum absolute atomic E-state index is 8.69. The highest BCUT2D eigenvalue weighted by atomic mass is 16.3. The molecule has 0 amide bonds. The van der Waals surface area contributed by atoms with Crippen LogP contribution in [0.4, 0.5) is 5.69 Å². The molecule has 2 aromatic heterocycles. The molecule has 0 aliphatic rings. The lowest BCUT2D eigenvalue weighted by molar-refractivity contribution is -0.666. The molecule has 3 heteroatoms. The van der Waals surface area contributed by atoms with Gasteiger partial charge in [-0.3, -0.25) is 0 Å². The summed E-state index contributed by atoms with van der Waals surface area (Å²) in [6.45, 7) is 15.0. The average molecular weight is 343 g/mol. The van der Waals surface area contributed by atoms with Crippen LogP contribution in [-0.4, -0.2) is 0 Å². The number of fused-ring (bicyclic) bond motifs is 3. The summed E-state index contributed by atoms with van der Waals surface area (Å²) < 4.78 is 25.1. The zero-order valence-corrected chi connectivity index (χ0v) is 15.6. The molecule has 0 unspecified atom stereocenters. The van der Waals surface area contributed by atoms with E-state index in [0.717, 1.165) is 44.4 Å². The fourth-order valence-electron chi connectivity index (χ4n) is 3.54. The third-order valence-electron chi connectivity index (χ3n) is 5.04. The van der Waals surface area contributed by atoms with E-state index in [0.29, 0.717) is 28.9 Å². The number of rotatable bonds is 1. The van der Waals surface area contributed by atoms with Gasteiger partial charge in [0.2, 0.25) is 5.69 Å². The van der Waals surface area contributed by atoms with Crippen LogP contribution < -0.4 is 4.57 Å². The Morgan fingerprint density at radius 1 is 1.04 bits per heavy atom. The van der Waals surface area contributed by atoms with Gasteiger partial charge in [-0.2, -0.15) is 4.57 Å². The molecule has 0 saturated heterocycles. The van der Waals surface area contributed by atoms with Gasteiger partial charge in [-0.15, -0.1) is 0 Å². The van der Waals surface area contributed by atoms with Crippen molar-refractivity contribution in [2.24, 2.45) is 7.05 Å². The number of hydrogen-bond donors (Lipinski definition) is 0. The molecule has 0 radical (unpaired) electrons. The minimum Gasteiger partial charge on any atom is -0.456 e. The summed E-state index contributed by atoms with van der Waals surface area (Å²) in [6, 6.07) is 8.61. The van der Waals surface area contributed by atoms with Gasteiger partial charge in [-0.1, -0.05) is 18.2 Å². The monoisotopic (exact) mass is 343 g/mol. The molecular formula is C23H21N2O+. The summed E-state index contributed by atoms with van der Waals surface area (Å²) in [6.07, 6.45) is 0. The van der Waals surface area contributed by atoms with E-state index >= 15 is 0 Å². The summed E-state index contributed by atoms with van der Waals surface area (Å²) in [5, 5.41) is 1.95. The number of hydrogen-bond acceptors (Lipinski definition) is 1. The van der Waals surface area contributed by atoms with Crippen molar-refractivity contribution >= 4 is 27.6 Å². The van der Waals surface area contributed by atoms with Crippen molar-refractivity contribution in [2.45, 2.75) is 27.7 Å². The van der Waals surface area contributed by atoms with Crippen LogP contribution >= 0.6 is 0 Å². The lowest BCUT2D eigenvalue weighted by Crippen LogP contribution is -2.35. The van der Waals surface area contributed by atoms with Crippen LogP contribution in [0.25, 0.3) is 38.0 Å². The zero-order valence-electron chi connectivity index (χ0n) is 17.6. The van der Waals surface area contributed by atoms with Crippen LogP contribution in [0.15, 0.2) is 40.8 Å². The topological polar surface area (TPSA) is 21.4 Å². The molecule has 26 heavy (non-hydrogen) atoms. The number of benzene rings is 2. The molecule has 0 aliphatic heterocycles. The van der Waals surface area contributed by atoms with Crippen LogP contribution in [0.5, 0.6) is 0 Å². The molecule has 128 valence electrons. The first kappa shape index (κ1) is 14.1. The summed E-state index contributed by atoms with van der Waals surface area (Å²) in [4.78, 5) is 3.58. The van der Waals surface area contributed by atoms with Crippen LogP contribution in [0.1, 0.15) is 25.1 Å². The Balaban J connectivity index is 2.19. The molecule has 0 spiro atoms. The van der Waals surface area contributed by atoms with Crippen molar-refractivity contribution in [1.29, 1.82) is 0 Å². The number of furan rings is 1. The predicted molar refractivity (Wildman–Crippen MR) is 106 cm³/mol. The normalized spacial score (nSPS) is 12.3. The Morgan fingerprint density at radius 2 is 1.81 bits per heavy atom. The highest BCUT2D eigenvalue weighted by Gasteiger charge is 2.22. The van der Waals surface area contributed by atoms with Crippen molar-refractivity contribution in [2.75, 3.05) is 0 Å². The van der Waals surface area contributed by atoms with Crippen LogP contribution in [-0.2, 0) is 7.05 Å². The van der Waals surface area contributed by atoms with Gasteiger partial charge in [0.05, 0.1) is 14.9 Å². The van der Waals surface area contributed by atoms with Gasteiger partial charge in [0, 0.05) is 29.8 Å². The third-order valence-corrected chi connectivity index (χ3v) is 5.04. The summed E-state index contributed by atoms with van der Waals surface area (Å²) >= 11 is 0. The Kier molecular flexibility index (Phi) is 3.09. The first-order valence-corrected chi connectivity index (χ1v) is 8.57. The fraction of sp³-hybridized carbons (Fsp3) is 0.217. The molecule has 4 aromatic rings. The Morgan fingerprint density at radius 3 is 2.54 bits per heavy atom. The molecule has 4 rings (SSSR count). The standard InChI is InChI=1S/C23H21N2O/c1-13-9-16(4)25(6)20(10-13)22-14(2)7-8-17-18-11-15(3)19(24-5)12-21(18)26-23(17)22/h7-12H,1-4,6H3/q+1/i9D,10D. The van der Waals surface area contributed by atoms with Crippen LogP contribution in [0.3, 0.4) is 0 Å². The van der Waals surface area contributed by atoms with Gasteiger partial charge in [0.15, 0.2) is 11.4 Å². The highest BCUT2D eigenvalue weighted by molar-refractivity contribution is 6.10. The molecule has 0 fully saturated rings. The van der Waals surface area contributed by atoms with Crippen molar-refractivity contribution in [3.63, 3.8) is 0 Å². The van der Waals surface area contributed by atoms with E-state index in [9.17, 15) is 0 Å². The SMILES string of the molecule is [2H]c1c(C)c([2H])c(-c2c(C)ccc3c2oc2cc([N+]#[C-])c(C)cc23)[n+](C)c1C. The zero-order chi connectivity index (χ0) is 20.3. The first-order valence-electron chi connectivity index (χ1n) is 9.57. The quantitative estimate of drug-likeness (QED) is 0.313. The minimum atomic E-state index is 0.340. The highest BCUT2D eigenvalue weighted by Crippen LogP contribution is 2.39. The maximum Gasteiger partial charge on any atom is 0.216 e. The van der Waals surface area contributed by atoms with Crippen molar-refractivity contribution in [3.8, 4) is 11.3 Å². The van der Waals surface area contributed by atoms with E-state index in [1.807, 2.05) is 57.5 Å². The molecule has 0 saturated carbocycles. The summed E-state index contributed by atoms with van der Waals surface area (Å²) in [7, 11) is 1.89. The number of nitrogens with zero attached hydrogens (tertiary/aromatic N) is 2. The number of aryl methyl sites for hydroxylation is 2. The Labute approximate surface area is 156 Å². The molecule has 0 aliphatic carbocycles. The van der Waals surface area contributed by atoms with E-state index in [1.165, 1.54) is 0 Å². The fourth-order valence-corrected chi connectivity index (χ4v) is 3.54. The lowest BCUT2D eigenvalue weighted by Gasteiger charge is -2.08. The van der Waals surface area contributed by atoms with Gasteiger partial charge >= 0.3 is 0 Å². The van der Waals surface area contributed by atoms with E-state index in [1.54, 1.807) is 6.07 Å². The predicted octanol–water partition coefficient (Wildman–Crippen LogP) is 5.86. The summed E-state index contributed by atoms with van der Waals surface area (Å²) in [5.74, 6) is 0. The van der Waals surface area contributed by atoms with Gasteiger partial charge in [0.1, 0.15) is 18.2 Å². The van der Waals surface area contributed by atoms with Gasteiger partial charge < -0.3 is 4.42 Å². The van der Waals surface area contributed by atoms with E-state index < -0.39 is 0 Å². The molecule has 0 atom stereocenters. The summed E-state index contributed by atoms with van der Waals surface area (Å²) in [5.41, 5.74) is 6.99. The van der Waals surface area contributed by atoms with Gasteiger partial charge in [-0.05, 0) is 43.5 Å². The largest absolute Gasteiger partial charge is 0.456 e. The Hall–Kier alpha value is -3.12. The minimum absolute atomic E-state index is 0.340. The third kappa shape index (κ3) is 2.30. The van der Waals surface area contributed by atoms with E-state index in [4.69, 9.17) is 13.7 Å².